The SMILES string of the molecule is C=CCCCCC(=O)N[C@H](C(=O)N1Cc2cc(O)ccc2C[C@H]1C(=O)OC)C1CCCCC1.COC(=O)[C@@H]1Cc2ccc(O)cc2CN1C(=O)[C@@H](NC(=O)CCCCCCO)C1CCCCC1. The minimum atomic E-state index is -0.768. The molecule has 5 N–H and O–H groups in total. The van der Waals surface area contributed by atoms with Crippen molar-refractivity contribution in [1.29, 1.82) is 0 Å². The van der Waals surface area contributed by atoms with Gasteiger partial charge in [0.15, 0.2) is 0 Å². The summed E-state index contributed by atoms with van der Waals surface area (Å²) < 4.78 is 10.0. The molecule has 2 aromatic carbocycles. The second-order valence-electron chi connectivity index (χ2n) is 18.6. The maximum atomic E-state index is 13.9. The van der Waals surface area contributed by atoms with Crippen LogP contribution in [0.15, 0.2) is 49.1 Å². The minimum Gasteiger partial charge on any atom is -0.508 e. The maximum absolute atomic E-state index is 13.9. The molecular formula is C52H74N4O11. The van der Waals surface area contributed by atoms with Crippen molar-refractivity contribution < 1.29 is 53.6 Å². The minimum absolute atomic E-state index is 0.0310. The fourth-order valence-electron chi connectivity index (χ4n) is 10.2. The molecule has 4 atom stereocenters. The molecular weight excluding hydrogens is 857 g/mol. The first-order valence-electron chi connectivity index (χ1n) is 24.6. The Labute approximate surface area is 396 Å². The van der Waals surface area contributed by atoms with Gasteiger partial charge in [0, 0.05) is 45.4 Å². The lowest BCUT2D eigenvalue weighted by atomic mass is 9.82. The van der Waals surface area contributed by atoms with E-state index in [-0.39, 0.29) is 66.7 Å². The number of hydrogen-bond acceptors (Lipinski definition) is 11. The van der Waals surface area contributed by atoms with E-state index in [1.54, 1.807) is 36.4 Å². The molecule has 0 spiro atoms. The Hall–Kier alpha value is -5.44. The van der Waals surface area contributed by atoms with Gasteiger partial charge in [-0.1, -0.05) is 69.6 Å². The van der Waals surface area contributed by atoms with Crippen molar-refractivity contribution in [1.82, 2.24) is 20.4 Å². The molecule has 15 heteroatoms. The van der Waals surface area contributed by atoms with Crippen molar-refractivity contribution in [2.24, 2.45) is 11.8 Å². The van der Waals surface area contributed by atoms with Crippen LogP contribution in [0.2, 0.25) is 0 Å². The number of phenolic OH excluding ortho intramolecular Hbond substituents is 2. The third-order valence-electron chi connectivity index (χ3n) is 13.9. The highest BCUT2D eigenvalue weighted by Crippen LogP contribution is 2.34. The van der Waals surface area contributed by atoms with Crippen LogP contribution in [0.25, 0.3) is 0 Å². The standard InChI is InChI=1S/C26H38N2O6.C26H36N2O5/c1-34-26(33)22-16-19-12-13-21(30)15-20(19)17-28(22)25(32)24(18-9-5-4-6-10-18)27-23(31)11-7-2-3-8-14-29;1-3-4-5-9-12-23(30)27-24(18-10-7-6-8-11-18)25(31)28-17-20-15-21(29)14-13-19(20)16-22(28)26(32)33-2/h12-13,15,18,22,24,29-30H,2-11,14,16-17H2,1H3,(H,27,31);3,13-15,18,22,24,29H,1,4-12,16-17H2,2H3,(H,27,30)/t2*22-,24-/m00/s1. The Morgan fingerprint density at radius 2 is 1.04 bits per heavy atom. The van der Waals surface area contributed by atoms with E-state index in [1.807, 2.05) is 6.08 Å². The summed E-state index contributed by atoms with van der Waals surface area (Å²) in [5.74, 6) is -1.43. The molecule has 0 aromatic heterocycles. The van der Waals surface area contributed by atoms with Crippen molar-refractivity contribution in [2.45, 2.75) is 172 Å². The molecule has 4 aliphatic rings. The second kappa shape index (κ2) is 26.8. The lowest BCUT2D eigenvalue weighted by molar-refractivity contribution is -0.156. The third-order valence-corrected chi connectivity index (χ3v) is 13.9. The van der Waals surface area contributed by atoms with Gasteiger partial charge in [-0.25, -0.2) is 9.59 Å². The smallest absolute Gasteiger partial charge is 0.328 e. The number of hydrogen-bond donors (Lipinski definition) is 5. The Morgan fingerprint density at radius 3 is 1.45 bits per heavy atom. The largest absolute Gasteiger partial charge is 0.508 e. The van der Waals surface area contributed by atoms with E-state index in [2.05, 4.69) is 17.2 Å². The van der Waals surface area contributed by atoms with Crippen LogP contribution in [0.3, 0.4) is 0 Å². The summed E-state index contributed by atoms with van der Waals surface area (Å²) in [6.07, 6.45) is 18.6. The monoisotopic (exact) mass is 931 g/mol. The van der Waals surface area contributed by atoms with Crippen LogP contribution in [0.1, 0.15) is 144 Å². The summed E-state index contributed by atoms with van der Waals surface area (Å²) in [4.78, 5) is 81.6. The van der Waals surface area contributed by atoms with E-state index >= 15 is 0 Å². The first-order valence-corrected chi connectivity index (χ1v) is 24.6. The third kappa shape index (κ3) is 15.0. The van der Waals surface area contributed by atoms with Gasteiger partial charge >= 0.3 is 11.9 Å². The molecule has 2 fully saturated rings. The lowest BCUT2D eigenvalue weighted by Gasteiger charge is -2.39. The Bertz CT molecular complexity index is 1990. The molecule has 368 valence electrons. The summed E-state index contributed by atoms with van der Waals surface area (Å²) in [7, 11) is 2.63. The summed E-state index contributed by atoms with van der Waals surface area (Å²) in [6, 6.07) is 7.12. The predicted octanol–water partition coefficient (Wildman–Crippen LogP) is 6.46. The van der Waals surface area contributed by atoms with Gasteiger partial charge in [0.05, 0.1) is 14.2 Å². The number of carbonyl (C=O) groups is 6. The fourth-order valence-corrected chi connectivity index (χ4v) is 10.2. The van der Waals surface area contributed by atoms with Gasteiger partial charge in [0.25, 0.3) is 0 Å². The number of unbranched alkanes of at least 4 members (excludes halogenated alkanes) is 5. The number of nitrogens with zero attached hydrogens (tertiary/aromatic N) is 2. The Balaban J connectivity index is 0.000000251. The predicted molar refractivity (Wildman–Crippen MR) is 252 cm³/mol. The number of benzene rings is 2. The van der Waals surface area contributed by atoms with Crippen molar-refractivity contribution in [3.8, 4) is 11.5 Å². The number of carbonyl (C=O) groups excluding carboxylic acids is 6. The number of ether oxygens (including phenoxy) is 2. The molecule has 0 bridgehead atoms. The van der Waals surface area contributed by atoms with E-state index in [9.17, 15) is 39.0 Å². The molecule has 6 rings (SSSR count). The average molecular weight is 931 g/mol. The summed E-state index contributed by atoms with van der Waals surface area (Å²) in [6.45, 7) is 4.24. The van der Waals surface area contributed by atoms with Crippen LogP contribution in [0.5, 0.6) is 11.5 Å². The fraction of sp³-hybridized carbons (Fsp3) is 0.615. The van der Waals surface area contributed by atoms with Gasteiger partial charge in [0.1, 0.15) is 35.7 Å². The van der Waals surface area contributed by atoms with Crippen LogP contribution in [-0.2, 0) is 64.2 Å². The Morgan fingerprint density at radius 1 is 0.627 bits per heavy atom. The molecule has 0 saturated heterocycles. The van der Waals surface area contributed by atoms with Gasteiger partial charge in [-0.05, 0) is 116 Å². The van der Waals surface area contributed by atoms with Crippen LogP contribution < -0.4 is 10.6 Å². The first kappa shape index (κ1) is 52.5. The molecule has 4 amide bonds. The van der Waals surface area contributed by atoms with E-state index in [0.717, 1.165) is 125 Å². The number of aliphatic hydroxyl groups is 1. The summed E-state index contributed by atoms with van der Waals surface area (Å²) in [5, 5.41) is 34.8. The zero-order valence-corrected chi connectivity index (χ0v) is 39.7. The molecule has 67 heavy (non-hydrogen) atoms. The number of nitrogens with one attached hydrogen (secondary N) is 2. The molecule has 15 nitrogen and oxygen atoms in total. The number of allylic oxidation sites excluding steroid dienone is 1. The molecule has 2 aliphatic carbocycles. The molecule has 2 heterocycles. The number of methoxy groups -OCH3 is 2. The van der Waals surface area contributed by atoms with Crippen LogP contribution in [0, 0.1) is 11.8 Å². The molecule has 2 aromatic rings. The number of aromatic hydroxyl groups is 2. The quantitative estimate of drug-likeness (QED) is 0.0587. The number of amides is 4. The number of aliphatic hydroxyl groups excluding tert-OH is 1. The van der Waals surface area contributed by atoms with Crippen LogP contribution in [-0.4, -0.2) is 106 Å². The van der Waals surface area contributed by atoms with E-state index in [4.69, 9.17) is 14.6 Å². The number of fused-ring (bicyclic) bond motifs is 2. The zero-order chi connectivity index (χ0) is 48.3. The number of rotatable bonds is 19. The average Bonchev–Trinajstić information content (AvgIpc) is 3.35. The molecule has 0 unspecified atom stereocenters. The first-order chi connectivity index (χ1) is 32.4. The zero-order valence-electron chi connectivity index (χ0n) is 39.7. The maximum Gasteiger partial charge on any atom is 0.328 e. The van der Waals surface area contributed by atoms with Gasteiger partial charge in [-0.15, -0.1) is 6.58 Å². The summed E-state index contributed by atoms with van der Waals surface area (Å²) in [5.41, 5.74) is 3.42. The van der Waals surface area contributed by atoms with Gasteiger partial charge in [-0.2, -0.15) is 0 Å². The number of phenols is 2. The van der Waals surface area contributed by atoms with Gasteiger partial charge in [0.2, 0.25) is 23.6 Å². The highest BCUT2D eigenvalue weighted by atomic mass is 16.5. The normalized spacial score (nSPS) is 19.3. The van der Waals surface area contributed by atoms with Crippen molar-refractivity contribution in [3.63, 3.8) is 0 Å². The van der Waals surface area contributed by atoms with Crippen molar-refractivity contribution in [3.05, 3.63) is 71.3 Å². The van der Waals surface area contributed by atoms with E-state index in [0.29, 0.717) is 32.1 Å². The van der Waals surface area contributed by atoms with E-state index < -0.39 is 36.1 Å². The second-order valence-corrected chi connectivity index (χ2v) is 18.6. The van der Waals surface area contributed by atoms with E-state index in [1.165, 1.54) is 24.0 Å². The van der Waals surface area contributed by atoms with Crippen molar-refractivity contribution >= 4 is 35.6 Å². The highest BCUT2D eigenvalue weighted by molar-refractivity contribution is 5.92. The molecule has 2 saturated carbocycles. The van der Waals surface area contributed by atoms with Gasteiger partial charge in [-0.3, -0.25) is 19.2 Å². The topological polar surface area (TPSA) is 212 Å². The van der Waals surface area contributed by atoms with Crippen LogP contribution >= 0.6 is 0 Å². The van der Waals surface area contributed by atoms with Crippen LogP contribution in [0.4, 0.5) is 0 Å². The van der Waals surface area contributed by atoms with Crippen molar-refractivity contribution in [2.75, 3.05) is 20.8 Å². The lowest BCUT2D eigenvalue weighted by Crippen LogP contribution is -2.58. The Kier molecular flexibility index (Phi) is 21.0. The van der Waals surface area contributed by atoms with Gasteiger partial charge < -0.3 is 45.2 Å². The summed E-state index contributed by atoms with van der Waals surface area (Å²) >= 11 is 0. The molecule has 2 aliphatic heterocycles. The highest BCUT2D eigenvalue weighted by Gasteiger charge is 2.43. The molecule has 0 radical (unpaired) electrons. The number of esters is 2.